The van der Waals surface area contributed by atoms with Gasteiger partial charge in [-0.05, 0) is 46.3 Å². The molecule has 4 heteroatoms. The maximum Gasteiger partial charge on any atom is 0.118 e. The third kappa shape index (κ3) is 3.45. The molecule has 1 atom stereocenters. The Morgan fingerprint density at radius 1 is 1.12 bits per heavy atom. The van der Waals surface area contributed by atoms with Gasteiger partial charge in [0.05, 0.1) is 7.11 Å². The topological polar surface area (TPSA) is 12.5 Å². The van der Waals surface area contributed by atoms with E-state index < -0.39 is 0 Å². The van der Waals surface area contributed by atoms with E-state index in [1.807, 2.05) is 35.6 Å². The molecule has 0 aliphatic carbocycles. The maximum atomic E-state index is 6.37. The minimum Gasteiger partial charge on any atom is -0.497 e. The Morgan fingerprint density at radius 2 is 1.92 bits per heavy atom. The molecule has 0 bridgehead atoms. The van der Waals surface area contributed by atoms with Crippen molar-refractivity contribution in [2.75, 3.05) is 13.7 Å². The lowest BCUT2D eigenvalue weighted by Gasteiger charge is -2.33. The standard InChI is InChI=1S/C21H20ClNOS/c1-24-17-8-6-15(7-9-17)19-13-23(14-21-18(19)10-11-25-21)12-16-4-2-3-5-20(16)22/h2-11,19H,12-14H2,1H3. The largest absolute Gasteiger partial charge is 0.497 e. The summed E-state index contributed by atoms with van der Waals surface area (Å²) in [5.74, 6) is 1.29. The monoisotopic (exact) mass is 369 g/mol. The molecule has 2 heterocycles. The molecule has 2 aromatic carbocycles. The van der Waals surface area contributed by atoms with E-state index in [2.05, 4.69) is 40.6 Å². The third-order valence-electron chi connectivity index (χ3n) is 4.83. The molecule has 3 aromatic rings. The summed E-state index contributed by atoms with van der Waals surface area (Å²) in [6.45, 7) is 2.87. The molecule has 0 amide bonds. The van der Waals surface area contributed by atoms with Crippen molar-refractivity contribution >= 4 is 22.9 Å². The fraction of sp³-hybridized carbons (Fsp3) is 0.238. The number of thiophene rings is 1. The Labute approximate surface area is 157 Å². The number of methoxy groups -OCH3 is 1. The van der Waals surface area contributed by atoms with Crippen molar-refractivity contribution in [3.8, 4) is 5.75 Å². The van der Waals surface area contributed by atoms with Gasteiger partial charge in [-0.25, -0.2) is 0 Å². The molecule has 128 valence electrons. The highest BCUT2D eigenvalue weighted by Crippen LogP contribution is 2.37. The molecule has 0 fully saturated rings. The van der Waals surface area contributed by atoms with Crippen LogP contribution in [-0.4, -0.2) is 18.6 Å². The van der Waals surface area contributed by atoms with Gasteiger partial charge in [-0.3, -0.25) is 4.90 Å². The number of hydrogen-bond donors (Lipinski definition) is 0. The average Bonchev–Trinajstić information content (AvgIpc) is 3.12. The van der Waals surface area contributed by atoms with E-state index in [-0.39, 0.29) is 0 Å². The number of nitrogens with zero attached hydrogens (tertiary/aromatic N) is 1. The van der Waals surface area contributed by atoms with Crippen molar-refractivity contribution in [2.45, 2.75) is 19.0 Å². The molecule has 0 N–H and O–H groups in total. The number of ether oxygens (including phenoxy) is 1. The van der Waals surface area contributed by atoms with Crippen molar-refractivity contribution in [2.24, 2.45) is 0 Å². The summed E-state index contributed by atoms with van der Waals surface area (Å²) in [4.78, 5) is 3.95. The van der Waals surface area contributed by atoms with Crippen LogP contribution in [0.5, 0.6) is 5.75 Å². The third-order valence-corrected chi connectivity index (χ3v) is 6.12. The second-order valence-electron chi connectivity index (χ2n) is 6.39. The van der Waals surface area contributed by atoms with Gasteiger partial charge in [0.15, 0.2) is 0 Å². The summed E-state index contributed by atoms with van der Waals surface area (Å²) >= 11 is 8.22. The van der Waals surface area contributed by atoms with Crippen LogP contribution in [0.1, 0.15) is 27.5 Å². The van der Waals surface area contributed by atoms with Gasteiger partial charge in [-0.15, -0.1) is 11.3 Å². The summed E-state index contributed by atoms with van der Waals surface area (Å²) in [6, 6.07) is 18.9. The Morgan fingerprint density at radius 3 is 2.68 bits per heavy atom. The molecule has 1 unspecified atom stereocenters. The number of hydrogen-bond acceptors (Lipinski definition) is 3. The first-order valence-electron chi connectivity index (χ1n) is 8.40. The lowest BCUT2D eigenvalue weighted by atomic mass is 9.88. The minimum atomic E-state index is 0.392. The van der Waals surface area contributed by atoms with Crippen LogP contribution in [0.2, 0.25) is 5.02 Å². The zero-order valence-corrected chi connectivity index (χ0v) is 15.7. The van der Waals surface area contributed by atoms with Gasteiger partial charge in [0.25, 0.3) is 0 Å². The first-order chi connectivity index (χ1) is 12.2. The molecule has 2 nitrogen and oxygen atoms in total. The second-order valence-corrected chi connectivity index (χ2v) is 7.79. The Bertz CT molecular complexity index is 858. The lowest BCUT2D eigenvalue weighted by Crippen LogP contribution is -2.32. The SMILES string of the molecule is COc1ccc(C2CN(Cc3ccccc3Cl)Cc3sccc32)cc1. The van der Waals surface area contributed by atoms with E-state index in [0.717, 1.165) is 30.4 Å². The lowest BCUT2D eigenvalue weighted by molar-refractivity contribution is 0.235. The zero-order chi connectivity index (χ0) is 17.2. The van der Waals surface area contributed by atoms with Crippen molar-refractivity contribution in [1.82, 2.24) is 4.90 Å². The number of fused-ring (bicyclic) bond motifs is 1. The van der Waals surface area contributed by atoms with Crippen molar-refractivity contribution in [3.05, 3.63) is 86.6 Å². The predicted octanol–water partition coefficient (Wildman–Crippen LogP) is 5.56. The second kappa shape index (κ2) is 7.20. The van der Waals surface area contributed by atoms with Crippen LogP contribution >= 0.6 is 22.9 Å². The van der Waals surface area contributed by atoms with E-state index in [0.29, 0.717) is 5.92 Å². The van der Waals surface area contributed by atoms with E-state index >= 15 is 0 Å². The molecule has 1 aliphatic heterocycles. The zero-order valence-electron chi connectivity index (χ0n) is 14.1. The van der Waals surface area contributed by atoms with Gasteiger partial charge in [-0.2, -0.15) is 0 Å². The highest BCUT2D eigenvalue weighted by atomic mass is 35.5. The van der Waals surface area contributed by atoms with Crippen LogP contribution in [0.4, 0.5) is 0 Å². The minimum absolute atomic E-state index is 0.392. The fourth-order valence-electron chi connectivity index (χ4n) is 3.52. The van der Waals surface area contributed by atoms with Gasteiger partial charge in [0.2, 0.25) is 0 Å². The maximum absolute atomic E-state index is 6.37. The smallest absolute Gasteiger partial charge is 0.118 e. The summed E-state index contributed by atoms with van der Waals surface area (Å²) in [6.07, 6.45) is 0. The number of rotatable bonds is 4. The van der Waals surface area contributed by atoms with Gasteiger partial charge < -0.3 is 4.74 Å². The molecular formula is C21H20ClNOS. The normalized spacial score (nSPS) is 17.3. The molecular weight excluding hydrogens is 350 g/mol. The first kappa shape index (κ1) is 16.6. The summed E-state index contributed by atoms with van der Waals surface area (Å²) in [5, 5.41) is 3.06. The average molecular weight is 370 g/mol. The molecule has 0 spiro atoms. The molecule has 0 radical (unpaired) electrons. The quantitative estimate of drug-likeness (QED) is 0.597. The molecule has 0 saturated heterocycles. The van der Waals surface area contributed by atoms with E-state index in [1.165, 1.54) is 21.6 Å². The van der Waals surface area contributed by atoms with Crippen LogP contribution in [0.3, 0.4) is 0 Å². The predicted molar refractivity (Wildman–Crippen MR) is 105 cm³/mol. The molecule has 25 heavy (non-hydrogen) atoms. The number of halogens is 1. The summed E-state index contributed by atoms with van der Waals surface area (Å²) < 4.78 is 5.30. The van der Waals surface area contributed by atoms with Gasteiger partial charge in [0.1, 0.15) is 5.75 Å². The van der Waals surface area contributed by atoms with Gasteiger partial charge in [0, 0.05) is 35.5 Å². The van der Waals surface area contributed by atoms with Crippen LogP contribution < -0.4 is 4.74 Å². The molecule has 1 aromatic heterocycles. The van der Waals surface area contributed by atoms with Gasteiger partial charge in [-0.1, -0.05) is 41.9 Å². The van der Waals surface area contributed by atoms with Crippen molar-refractivity contribution < 1.29 is 4.74 Å². The van der Waals surface area contributed by atoms with Gasteiger partial charge >= 0.3 is 0 Å². The van der Waals surface area contributed by atoms with Crippen LogP contribution in [0, 0.1) is 0 Å². The summed E-state index contributed by atoms with van der Waals surface area (Å²) in [7, 11) is 1.71. The Hall–Kier alpha value is -1.81. The van der Waals surface area contributed by atoms with Crippen molar-refractivity contribution in [3.63, 3.8) is 0 Å². The Balaban J connectivity index is 1.62. The molecule has 1 aliphatic rings. The summed E-state index contributed by atoms with van der Waals surface area (Å²) in [5.41, 5.74) is 3.99. The Kier molecular flexibility index (Phi) is 4.80. The van der Waals surface area contributed by atoms with E-state index in [4.69, 9.17) is 16.3 Å². The molecule has 0 saturated carbocycles. The highest BCUT2D eigenvalue weighted by Gasteiger charge is 2.27. The van der Waals surface area contributed by atoms with E-state index in [1.54, 1.807) is 7.11 Å². The highest BCUT2D eigenvalue weighted by molar-refractivity contribution is 7.10. The van der Waals surface area contributed by atoms with Crippen molar-refractivity contribution in [1.29, 1.82) is 0 Å². The van der Waals surface area contributed by atoms with Crippen LogP contribution in [0.25, 0.3) is 0 Å². The molecule has 4 rings (SSSR count). The van der Waals surface area contributed by atoms with E-state index in [9.17, 15) is 0 Å². The fourth-order valence-corrected chi connectivity index (χ4v) is 4.70. The first-order valence-corrected chi connectivity index (χ1v) is 9.66. The van der Waals surface area contributed by atoms with Crippen LogP contribution in [0.15, 0.2) is 60.0 Å². The number of benzene rings is 2. The van der Waals surface area contributed by atoms with Crippen LogP contribution in [-0.2, 0) is 13.1 Å².